The van der Waals surface area contributed by atoms with Crippen molar-refractivity contribution in [2.75, 3.05) is 13.0 Å². The van der Waals surface area contributed by atoms with Crippen molar-refractivity contribution < 1.29 is 23.7 Å². The third-order valence-electron chi connectivity index (χ3n) is 2.13. The first-order chi connectivity index (χ1) is 7.52. The average molecular weight is 253 g/mol. The minimum atomic E-state index is -1.73. The largest absolute Gasteiger partial charge is 0.494 e. The lowest BCUT2D eigenvalue weighted by atomic mass is 10.0. The van der Waals surface area contributed by atoms with Crippen LogP contribution in [0, 0.1) is 11.6 Å². The molecule has 0 aromatic heterocycles. The normalized spacial score (nSPS) is 14.6. The molecule has 2 atom stereocenters. The molecule has 16 heavy (non-hydrogen) atoms. The van der Waals surface area contributed by atoms with Crippen LogP contribution in [0.1, 0.15) is 11.7 Å². The van der Waals surface area contributed by atoms with E-state index in [2.05, 4.69) is 4.74 Å². The van der Waals surface area contributed by atoms with E-state index in [1.807, 2.05) is 0 Å². The Labute approximate surface area is 96.2 Å². The lowest BCUT2D eigenvalue weighted by Gasteiger charge is -2.18. The number of hydrogen-bond donors (Lipinski definition) is 2. The molecule has 0 saturated carbocycles. The molecule has 1 aromatic rings. The molecule has 90 valence electrons. The van der Waals surface area contributed by atoms with Crippen molar-refractivity contribution in [3.05, 3.63) is 29.3 Å². The summed E-state index contributed by atoms with van der Waals surface area (Å²) >= 11 is 5.29. The first-order valence-electron chi connectivity index (χ1n) is 4.46. The quantitative estimate of drug-likeness (QED) is 0.801. The van der Waals surface area contributed by atoms with Crippen LogP contribution >= 0.6 is 11.6 Å². The van der Waals surface area contributed by atoms with E-state index in [-0.39, 0.29) is 11.6 Å². The zero-order valence-corrected chi connectivity index (χ0v) is 9.21. The van der Waals surface area contributed by atoms with Crippen LogP contribution < -0.4 is 4.74 Å². The number of rotatable bonds is 4. The van der Waals surface area contributed by atoms with Crippen LogP contribution in [0.2, 0.25) is 0 Å². The lowest BCUT2D eigenvalue weighted by molar-refractivity contribution is 0.0277. The second-order valence-corrected chi connectivity index (χ2v) is 3.45. The Hall–Kier alpha value is -0.910. The molecule has 1 rings (SSSR count). The number of halogens is 3. The van der Waals surface area contributed by atoms with Gasteiger partial charge in [0.05, 0.1) is 24.7 Å². The van der Waals surface area contributed by atoms with E-state index < -0.39 is 29.4 Å². The van der Waals surface area contributed by atoms with Gasteiger partial charge in [-0.2, -0.15) is 0 Å². The Bertz CT molecular complexity index is 373. The summed E-state index contributed by atoms with van der Waals surface area (Å²) in [5.74, 6) is -2.55. The summed E-state index contributed by atoms with van der Waals surface area (Å²) in [6.07, 6.45) is -3.18. The van der Waals surface area contributed by atoms with Gasteiger partial charge in [-0.05, 0) is 12.1 Å². The van der Waals surface area contributed by atoms with Gasteiger partial charge in [-0.25, -0.2) is 8.78 Å². The summed E-state index contributed by atoms with van der Waals surface area (Å²) in [7, 11) is 1.21. The maximum absolute atomic E-state index is 13.6. The molecule has 0 saturated heterocycles. The second kappa shape index (κ2) is 5.43. The van der Waals surface area contributed by atoms with E-state index in [9.17, 15) is 19.0 Å². The molecule has 0 radical (unpaired) electrons. The first-order valence-corrected chi connectivity index (χ1v) is 5.00. The van der Waals surface area contributed by atoms with Gasteiger partial charge in [0.25, 0.3) is 0 Å². The summed E-state index contributed by atoms with van der Waals surface area (Å²) in [4.78, 5) is 0. The number of ether oxygens (including phenoxy) is 1. The van der Waals surface area contributed by atoms with Crippen LogP contribution in [-0.2, 0) is 0 Å². The predicted octanol–water partition coefficient (Wildman–Crippen LogP) is 1.61. The topological polar surface area (TPSA) is 49.7 Å². The molecule has 0 aliphatic rings. The van der Waals surface area contributed by atoms with Crippen LogP contribution in [0.4, 0.5) is 8.78 Å². The number of benzene rings is 1. The van der Waals surface area contributed by atoms with Crippen LogP contribution in [0.15, 0.2) is 12.1 Å². The Morgan fingerprint density at radius 2 is 2.00 bits per heavy atom. The van der Waals surface area contributed by atoms with E-state index >= 15 is 0 Å². The SMILES string of the molecule is COc1ccc(F)c(C(O)C(O)CCl)c1F. The second-order valence-electron chi connectivity index (χ2n) is 3.14. The molecule has 0 aliphatic heterocycles. The number of hydrogen-bond acceptors (Lipinski definition) is 3. The molecule has 0 bridgehead atoms. The van der Waals surface area contributed by atoms with E-state index in [1.165, 1.54) is 7.11 Å². The average Bonchev–Trinajstić information content (AvgIpc) is 2.28. The summed E-state index contributed by atoms with van der Waals surface area (Å²) < 4.78 is 31.5. The lowest BCUT2D eigenvalue weighted by Crippen LogP contribution is -2.22. The fourth-order valence-electron chi connectivity index (χ4n) is 1.25. The van der Waals surface area contributed by atoms with Crippen molar-refractivity contribution in [1.82, 2.24) is 0 Å². The number of methoxy groups -OCH3 is 1. The molecule has 2 N–H and O–H groups in total. The highest BCUT2D eigenvalue weighted by Gasteiger charge is 2.26. The fourth-order valence-corrected chi connectivity index (χ4v) is 1.42. The molecule has 0 aliphatic carbocycles. The van der Waals surface area contributed by atoms with E-state index in [0.29, 0.717) is 0 Å². The van der Waals surface area contributed by atoms with E-state index in [0.717, 1.165) is 12.1 Å². The Morgan fingerprint density at radius 3 is 2.50 bits per heavy atom. The monoisotopic (exact) mass is 252 g/mol. The smallest absolute Gasteiger partial charge is 0.173 e. The van der Waals surface area contributed by atoms with Crippen LogP contribution in [0.3, 0.4) is 0 Å². The highest BCUT2D eigenvalue weighted by molar-refractivity contribution is 6.18. The minimum absolute atomic E-state index is 0.211. The van der Waals surface area contributed by atoms with E-state index in [4.69, 9.17) is 11.6 Å². The molecule has 0 fully saturated rings. The van der Waals surface area contributed by atoms with Crippen molar-refractivity contribution in [2.45, 2.75) is 12.2 Å². The van der Waals surface area contributed by atoms with Crippen molar-refractivity contribution in [3.63, 3.8) is 0 Å². The molecule has 2 unspecified atom stereocenters. The van der Waals surface area contributed by atoms with Crippen molar-refractivity contribution in [2.24, 2.45) is 0 Å². The summed E-state index contributed by atoms with van der Waals surface area (Å²) in [5, 5.41) is 18.7. The molecule has 0 spiro atoms. The van der Waals surface area contributed by atoms with Gasteiger partial charge in [-0.1, -0.05) is 0 Å². The van der Waals surface area contributed by atoms with Gasteiger partial charge < -0.3 is 14.9 Å². The minimum Gasteiger partial charge on any atom is -0.494 e. The highest BCUT2D eigenvalue weighted by Crippen LogP contribution is 2.29. The zero-order valence-electron chi connectivity index (χ0n) is 8.45. The third-order valence-corrected chi connectivity index (χ3v) is 2.45. The standard InChI is InChI=1S/C10H11ClF2O3/c1-16-7-3-2-5(12)8(9(7)13)10(15)6(14)4-11/h2-3,6,10,14-15H,4H2,1H3. The first kappa shape index (κ1) is 13.2. The van der Waals surface area contributed by atoms with Crippen molar-refractivity contribution in [3.8, 4) is 5.75 Å². The molecular formula is C10H11ClF2O3. The van der Waals surface area contributed by atoms with Crippen molar-refractivity contribution >= 4 is 11.6 Å². The zero-order chi connectivity index (χ0) is 12.3. The maximum Gasteiger partial charge on any atom is 0.173 e. The van der Waals surface area contributed by atoms with Gasteiger partial charge in [0.1, 0.15) is 11.9 Å². The Balaban J connectivity index is 3.20. The van der Waals surface area contributed by atoms with Gasteiger partial charge in [0.2, 0.25) is 0 Å². The summed E-state index contributed by atoms with van der Waals surface area (Å²) in [6, 6.07) is 2.04. The summed E-state index contributed by atoms with van der Waals surface area (Å²) in [5.41, 5.74) is -0.646. The molecule has 1 aromatic carbocycles. The van der Waals surface area contributed by atoms with Gasteiger partial charge in [-0.3, -0.25) is 0 Å². The predicted molar refractivity (Wildman–Crippen MR) is 54.6 cm³/mol. The van der Waals surface area contributed by atoms with Crippen LogP contribution in [0.25, 0.3) is 0 Å². The van der Waals surface area contributed by atoms with Gasteiger partial charge in [0.15, 0.2) is 11.6 Å². The molecular weight excluding hydrogens is 242 g/mol. The fraction of sp³-hybridized carbons (Fsp3) is 0.400. The summed E-state index contributed by atoms with van der Waals surface area (Å²) in [6.45, 7) is 0. The number of alkyl halides is 1. The van der Waals surface area contributed by atoms with E-state index in [1.54, 1.807) is 0 Å². The Kier molecular flexibility index (Phi) is 4.46. The van der Waals surface area contributed by atoms with Gasteiger partial charge >= 0.3 is 0 Å². The Morgan fingerprint density at radius 1 is 1.38 bits per heavy atom. The number of aliphatic hydroxyl groups is 2. The maximum atomic E-state index is 13.6. The molecule has 3 nitrogen and oxygen atoms in total. The highest BCUT2D eigenvalue weighted by atomic mass is 35.5. The number of aliphatic hydroxyl groups excluding tert-OH is 2. The van der Waals surface area contributed by atoms with Crippen LogP contribution in [-0.4, -0.2) is 29.3 Å². The third kappa shape index (κ3) is 2.42. The van der Waals surface area contributed by atoms with Gasteiger partial charge in [-0.15, -0.1) is 11.6 Å². The molecule has 0 amide bonds. The van der Waals surface area contributed by atoms with Crippen molar-refractivity contribution in [1.29, 1.82) is 0 Å². The molecule has 6 heteroatoms. The molecule has 0 heterocycles. The van der Waals surface area contributed by atoms with Gasteiger partial charge in [0, 0.05) is 0 Å². The van der Waals surface area contributed by atoms with Crippen LogP contribution in [0.5, 0.6) is 5.75 Å².